The van der Waals surface area contributed by atoms with Gasteiger partial charge in [-0.05, 0) is 31.4 Å². The fraction of sp³-hybridized carbons (Fsp3) is 0.500. The molecule has 4 nitrogen and oxygen atoms in total. The molecular formula is C8H11ClN4. The van der Waals surface area contributed by atoms with Crippen LogP contribution in [0.15, 0.2) is 0 Å². The van der Waals surface area contributed by atoms with Gasteiger partial charge in [0.25, 0.3) is 0 Å². The van der Waals surface area contributed by atoms with Gasteiger partial charge in [0.15, 0.2) is 5.82 Å². The summed E-state index contributed by atoms with van der Waals surface area (Å²) < 4.78 is 0. The van der Waals surface area contributed by atoms with Gasteiger partial charge in [0.2, 0.25) is 5.28 Å². The van der Waals surface area contributed by atoms with Crippen LogP contribution in [0.3, 0.4) is 0 Å². The molecular weight excluding hydrogens is 188 g/mol. The minimum atomic E-state index is 0.245. The summed E-state index contributed by atoms with van der Waals surface area (Å²) in [5.41, 5.74) is 7.10. The first-order valence-corrected chi connectivity index (χ1v) is 4.61. The highest BCUT2D eigenvalue weighted by Gasteiger charge is 2.22. The lowest BCUT2D eigenvalue weighted by Gasteiger charge is -2.08. The smallest absolute Gasteiger partial charge is 0.224 e. The molecule has 0 radical (unpaired) electrons. The SMILES string of the molecule is Cc1nc(Cl)nc(NC2CC2)c1N. The van der Waals surface area contributed by atoms with Crippen LogP contribution in [0.5, 0.6) is 0 Å². The summed E-state index contributed by atoms with van der Waals surface area (Å²) in [6.45, 7) is 1.82. The fourth-order valence-corrected chi connectivity index (χ4v) is 1.29. The largest absolute Gasteiger partial charge is 0.394 e. The van der Waals surface area contributed by atoms with E-state index in [1.807, 2.05) is 6.92 Å². The van der Waals surface area contributed by atoms with Crippen LogP contribution in [0.1, 0.15) is 18.5 Å². The standard InChI is InChI=1S/C8H11ClN4/c1-4-6(10)7(12-5-2-3-5)13-8(9)11-4/h5H,2-3,10H2,1H3,(H,11,12,13). The first-order valence-electron chi connectivity index (χ1n) is 4.23. The summed E-state index contributed by atoms with van der Waals surface area (Å²) in [4.78, 5) is 7.98. The van der Waals surface area contributed by atoms with Gasteiger partial charge in [0, 0.05) is 6.04 Å². The van der Waals surface area contributed by atoms with E-state index in [0.717, 1.165) is 5.69 Å². The average Bonchev–Trinajstić information content (AvgIpc) is 2.83. The van der Waals surface area contributed by atoms with Crippen molar-refractivity contribution in [2.45, 2.75) is 25.8 Å². The molecule has 0 atom stereocenters. The number of nitrogens with one attached hydrogen (secondary N) is 1. The van der Waals surface area contributed by atoms with E-state index in [0.29, 0.717) is 17.5 Å². The molecule has 5 heteroatoms. The molecule has 1 fully saturated rings. The van der Waals surface area contributed by atoms with Gasteiger partial charge < -0.3 is 11.1 Å². The van der Waals surface area contributed by atoms with Crippen molar-refractivity contribution in [1.29, 1.82) is 0 Å². The quantitative estimate of drug-likeness (QED) is 0.709. The van der Waals surface area contributed by atoms with E-state index in [1.54, 1.807) is 0 Å². The zero-order chi connectivity index (χ0) is 9.42. The lowest BCUT2D eigenvalue weighted by atomic mass is 10.3. The molecule has 0 bridgehead atoms. The van der Waals surface area contributed by atoms with Crippen molar-refractivity contribution in [2.75, 3.05) is 11.1 Å². The van der Waals surface area contributed by atoms with E-state index < -0.39 is 0 Å². The van der Waals surface area contributed by atoms with E-state index in [2.05, 4.69) is 15.3 Å². The Labute approximate surface area is 81.5 Å². The lowest BCUT2D eigenvalue weighted by molar-refractivity contribution is 1.06. The number of hydrogen-bond acceptors (Lipinski definition) is 4. The number of halogens is 1. The molecule has 0 spiro atoms. The van der Waals surface area contributed by atoms with Gasteiger partial charge in [-0.15, -0.1) is 0 Å². The van der Waals surface area contributed by atoms with E-state index in [1.165, 1.54) is 12.8 Å². The van der Waals surface area contributed by atoms with Gasteiger partial charge in [0.1, 0.15) is 0 Å². The van der Waals surface area contributed by atoms with Crippen molar-refractivity contribution in [1.82, 2.24) is 9.97 Å². The molecule has 1 heterocycles. The summed E-state index contributed by atoms with van der Waals surface area (Å²) in [6, 6.07) is 0.521. The molecule has 0 aromatic carbocycles. The molecule has 3 N–H and O–H groups in total. The predicted octanol–water partition coefficient (Wildman–Crippen LogP) is 1.59. The molecule has 1 aliphatic rings. The van der Waals surface area contributed by atoms with Crippen molar-refractivity contribution >= 4 is 23.1 Å². The van der Waals surface area contributed by atoms with E-state index in [4.69, 9.17) is 17.3 Å². The zero-order valence-electron chi connectivity index (χ0n) is 7.34. The molecule has 0 aliphatic heterocycles. The third-order valence-electron chi connectivity index (χ3n) is 2.03. The molecule has 0 saturated heterocycles. The minimum absolute atomic E-state index is 0.245. The topological polar surface area (TPSA) is 63.8 Å². The molecule has 2 rings (SSSR count). The van der Waals surface area contributed by atoms with Crippen molar-refractivity contribution in [2.24, 2.45) is 0 Å². The average molecular weight is 199 g/mol. The first kappa shape index (κ1) is 8.56. The Bertz CT molecular complexity index is 335. The Hall–Kier alpha value is -1.03. The number of nitrogens with two attached hydrogens (primary N) is 1. The van der Waals surface area contributed by atoms with Gasteiger partial charge in [-0.2, -0.15) is 4.98 Å². The van der Waals surface area contributed by atoms with E-state index >= 15 is 0 Å². The number of hydrogen-bond donors (Lipinski definition) is 2. The minimum Gasteiger partial charge on any atom is -0.394 e. The van der Waals surface area contributed by atoms with Crippen LogP contribution in [-0.2, 0) is 0 Å². The predicted molar refractivity (Wildman–Crippen MR) is 52.8 cm³/mol. The zero-order valence-corrected chi connectivity index (χ0v) is 8.10. The molecule has 0 amide bonds. The highest BCUT2D eigenvalue weighted by atomic mass is 35.5. The molecule has 0 unspecified atom stereocenters. The highest BCUT2D eigenvalue weighted by Crippen LogP contribution is 2.28. The van der Waals surface area contributed by atoms with Crippen LogP contribution in [0, 0.1) is 6.92 Å². The summed E-state index contributed by atoms with van der Waals surface area (Å²) in [6.07, 6.45) is 2.36. The normalized spacial score (nSPS) is 15.8. The first-order chi connectivity index (χ1) is 6.16. The molecule has 1 aliphatic carbocycles. The second kappa shape index (κ2) is 3.03. The summed E-state index contributed by atoms with van der Waals surface area (Å²) in [5.74, 6) is 0.667. The van der Waals surface area contributed by atoms with Gasteiger partial charge in [-0.3, -0.25) is 0 Å². The van der Waals surface area contributed by atoms with Crippen molar-refractivity contribution < 1.29 is 0 Å². The molecule has 1 saturated carbocycles. The Kier molecular flexibility index (Phi) is 2.00. The summed E-state index contributed by atoms with van der Waals surface area (Å²) in [7, 11) is 0. The van der Waals surface area contributed by atoms with Gasteiger partial charge >= 0.3 is 0 Å². The molecule has 1 aromatic rings. The summed E-state index contributed by atoms with van der Waals surface area (Å²) >= 11 is 5.71. The Balaban J connectivity index is 2.30. The number of anilines is 2. The second-order valence-corrected chi connectivity index (χ2v) is 3.60. The maximum atomic E-state index is 5.78. The Morgan fingerprint density at radius 1 is 1.46 bits per heavy atom. The van der Waals surface area contributed by atoms with Gasteiger partial charge in [0.05, 0.1) is 11.4 Å². The van der Waals surface area contributed by atoms with Crippen molar-refractivity contribution in [3.05, 3.63) is 11.0 Å². The number of aromatic nitrogens is 2. The van der Waals surface area contributed by atoms with Crippen molar-refractivity contribution in [3.63, 3.8) is 0 Å². The van der Waals surface area contributed by atoms with E-state index in [9.17, 15) is 0 Å². The van der Waals surface area contributed by atoms with Crippen LogP contribution in [-0.4, -0.2) is 16.0 Å². The highest BCUT2D eigenvalue weighted by molar-refractivity contribution is 6.28. The number of nitrogen functional groups attached to an aromatic ring is 1. The van der Waals surface area contributed by atoms with Gasteiger partial charge in [-0.1, -0.05) is 0 Å². The third-order valence-corrected chi connectivity index (χ3v) is 2.20. The van der Waals surface area contributed by atoms with E-state index in [-0.39, 0.29) is 5.28 Å². The maximum Gasteiger partial charge on any atom is 0.224 e. The van der Waals surface area contributed by atoms with Crippen LogP contribution < -0.4 is 11.1 Å². The Morgan fingerprint density at radius 3 is 2.77 bits per heavy atom. The van der Waals surface area contributed by atoms with Crippen LogP contribution >= 0.6 is 11.6 Å². The lowest BCUT2D eigenvalue weighted by Crippen LogP contribution is -2.08. The monoisotopic (exact) mass is 198 g/mol. The molecule has 1 aromatic heterocycles. The van der Waals surface area contributed by atoms with Crippen LogP contribution in [0.25, 0.3) is 0 Å². The van der Waals surface area contributed by atoms with Crippen LogP contribution in [0.2, 0.25) is 5.28 Å². The van der Waals surface area contributed by atoms with Crippen molar-refractivity contribution in [3.8, 4) is 0 Å². The third kappa shape index (κ3) is 1.83. The van der Waals surface area contributed by atoms with Gasteiger partial charge in [-0.25, -0.2) is 4.98 Å². The summed E-state index contributed by atoms with van der Waals surface area (Å²) in [5, 5.41) is 3.45. The maximum absolute atomic E-state index is 5.78. The number of rotatable bonds is 2. The molecule has 13 heavy (non-hydrogen) atoms. The fourth-order valence-electron chi connectivity index (χ4n) is 1.08. The number of aryl methyl sites for hydroxylation is 1. The van der Waals surface area contributed by atoms with Crippen LogP contribution in [0.4, 0.5) is 11.5 Å². The Morgan fingerprint density at radius 2 is 2.15 bits per heavy atom. The second-order valence-electron chi connectivity index (χ2n) is 3.26. The molecule has 70 valence electrons. The number of nitrogens with zero attached hydrogens (tertiary/aromatic N) is 2.